The second-order valence-electron chi connectivity index (χ2n) is 5.53. The molecule has 0 saturated heterocycles. The number of amides is 1. The first kappa shape index (κ1) is 19.8. The number of thioether (sulfide) groups is 1. The number of carbonyl (C=O) groups is 1. The molecule has 0 aliphatic rings. The minimum Gasteiger partial charge on any atom is -0.326 e. The van der Waals surface area contributed by atoms with Crippen LogP contribution in [0.15, 0.2) is 47.4 Å². The zero-order valence-corrected chi connectivity index (χ0v) is 14.4. The number of hydrogen-bond donors (Lipinski definition) is 1. The highest BCUT2D eigenvalue weighted by molar-refractivity contribution is 7.99. The van der Waals surface area contributed by atoms with Crippen LogP contribution in [0.3, 0.4) is 0 Å². The second kappa shape index (κ2) is 8.23. The Labute approximate surface area is 152 Å². The van der Waals surface area contributed by atoms with Gasteiger partial charge < -0.3 is 5.32 Å². The minimum atomic E-state index is -4.68. The smallest absolute Gasteiger partial charge is 0.326 e. The number of hydrogen-bond acceptors (Lipinski definition) is 3. The van der Waals surface area contributed by atoms with E-state index in [1.807, 2.05) is 0 Å². The van der Waals surface area contributed by atoms with Crippen LogP contribution in [-0.4, -0.2) is 11.7 Å². The number of carbonyl (C=O) groups excluding carboxylic acids is 1. The molecule has 2 rings (SSSR count). The topological polar surface area (TPSA) is 52.9 Å². The molecule has 0 saturated carbocycles. The number of nitrogens with one attached hydrogen (secondary N) is 1. The number of alkyl halides is 3. The fourth-order valence-corrected chi connectivity index (χ4v) is 2.97. The molecule has 0 heterocycles. The van der Waals surface area contributed by atoms with Gasteiger partial charge in [0, 0.05) is 22.3 Å². The van der Waals surface area contributed by atoms with Crippen LogP contribution in [0.2, 0.25) is 0 Å². The standard InChI is InChI=1S/C18H14F4N2OS/c1-11(10-26-15-6-3-13(19)4-7-15)17(25)24-14-5-2-12(9-23)16(8-14)18(20,21)22/h2-8,11H,10H2,1H3,(H,24,25). The van der Waals surface area contributed by atoms with Crippen molar-refractivity contribution >= 4 is 23.4 Å². The first-order chi connectivity index (χ1) is 12.2. The number of nitrogens with zero attached hydrogens (tertiary/aromatic N) is 1. The maximum atomic E-state index is 13.0. The quantitative estimate of drug-likeness (QED) is 0.579. The summed E-state index contributed by atoms with van der Waals surface area (Å²) in [6.07, 6.45) is -4.68. The summed E-state index contributed by atoms with van der Waals surface area (Å²) in [5.74, 6) is -0.922. The van der Waals surface area contributed by atoms with E-state index < -0.39 is 29.1 Å². The molecule has 0 aromatic heterocycles. The molecule has 0 aliphatic carbocycles. The van der Waals surface area contributed by atoms with Gasteiger partial charge in [0.2, 0.25) is 5.91 Å². The third kappa shape index (κ3) is 5.23. The third-order valence-electron chi connectivity index (χ3n) is 3.47. The van der Waals surface area contributed by atoms with Crippen molar-refractivity contribution in [3.8, 4) is 6.07 Å². The van der Waals surface area contributed by atoms with Gasteiger partial charge in [0.05, 0.1) is 17.2 Å². The molecule has 8 heteroatoms. The second-order valence-corrected chi connectivity index (χ2v) is 6.62. The van der Waals surface area contributed by atoms with Crippen LogP contribution in [0.1, 0.15) is 18.1 Å². The lowest BCUT2D eigenvalue weighted by Gasteiger charge is -2.14. The number of benzene rings is 2. The van der Waals surface area contributed by atoms with Crippen molar-refractivity contribution in [1.29, 1.82) is 5.26 Å². The van der Waals surface area contributed by atoms with Crippen LogP contribution in [0, 0.1) is 23.1 Å². The molecule has 1 amide bonds. The molecule has 0 spiro atoms. The summed E-state index contributed by atoms with van der Waals surface area (Å²) in [5.41, 5.74) is -1.62. The van der Waals surface area contributed by atoms with Crippen LogP contribution in [-0.2, 0) is 11.0 Å². The maximum Gasteiger partial charge on any atom is 0.417 e. The van der Waals surface area contributed by atoms with Crippen molar-refractivity contribution in [1.82, 2.24) is 0 Å². The molecule has 0 radical (unpaired) electrons. The molecule has 0 bridgehead atoms. The Kier molecular flexibility index (Phi) is 6.27. The molecule has 0 aliphatic heterocycles. The molecule has 1 N–H and O–H groups in total. The van der Waals surface area contributed by atoms with Crippen molar-refractivity contribution in [2.45, 2.75) is 18.0 Å². The minimum absolute atomic E-state index is 0.0278. The van der Waals surface area contributed by atoms with Gasteiger partial charge in [0.15, 0.2) is 0 Å². The van der Waals surface area contributed by atoms with E-state index in [0.717, 1.165) is 17.0 Å². The Morgan fingerprint density at radius 1 is 1.23 bits per heavy atom. The predicted octanol–water partition coefficient (Wildman–Crippen LogP) is 5.08. The summed E-state index contributed by atoms with van der Waals surface area (Å²) < 4.78 is 51.7. The Balaban J connectivity index is 2.02. The van der Waals surface area contributed by atoms with E-state index in [9.17, 15) is 22.4 Å². The van der Waals surface area contributed by atoms with E-state index in [4.69, 9.17) is 5.26 Å². The molecule has 0 fully saturated rings. The Bertz CT molecular complexity index is 829. The van der Waals surface area contributed by atoms with Crippen molar-refractivity contribution < 1.29 is 22.4 Å². The zero-order valence-electron chi connectivity index (χ0n) is 13.6. The first-order valence-electron chi connectivity index (χ1n) is 7.51. The maximum absolute atomic E-state index is 13.0. The SMILES string of the molecule is CC(CSc1ccc(F)cc1)C(=O)Nc1ccc(C#N)c(C(F)(F)F)c1. The van der Waals surface area contributed by atoms with Crippen molar-refractivity contribution in [3.05, 3.63) is 59.4 Å². The normalized spacial score (nSPS) is 12.3. The van der Waals surface area contributed by atoms with Crippen molar-refractivity contribution in [2.24, 2.45) is 5.92 Å². The number of nitriles is 1. The number of rotatable bonds is 5. The number of halogens is 4. The van der Waals surface area contributed by atoms with Crippen LogP contribution >= 0.6 is 11.8 Å². The van der Waals surface area contributed by atoms with E-state index in [2.05, 4.69) is 5.32 Å². The summed E-state index contributed by atoms with van der Waals surface area (Å²) in [4.78, 5) is 13.0. The van der Waals surface area contributed by atoms with Crippen molar-refractivity contribution in [2.75, 3.05) is 11.1 Å². The molecule has 2 aromatic carbocycles. The molecule has 26 heavy (non-hydrogen) atoms. The van der Waals surface area contributed by atoms with Crippen LogP contribution in [0.4, 0.5) is 23.2 Å². The Morgan fingerprint density at radius 3 is 2.46 bits per heavy atom. The summed E-state index contributed by atoms with van der Waals surface area (Å²) in [7, 11) is 0. The molecule has 1 atom stereocenters. The van der Waals surface area contributed by atoms with Crippen molar-refractivity contribution in [3.63, 3.8) is 0 Å². The average molecular weight is 382 g/mol. The number of anilines is 1. The van der Waals surface area contributed by atoms with Gasteiger partial charge in [0.25, 0.3) is 0 Å². The first-order valence-corrected chi connectivity index (χ1v) is 8.50. The molecular formula is C18H14F4N2OS. The predicted molar refractivity (Wildman–Crippen MR) is 91.1 cm³/mol. The van der Waals surface area contributed by atoms with E-state index >= 15 is 0 Å². The molecule has 3 nitrogen and oxygen atoms in total. The average Bonchev–Trinajstić information content (AvgIpc) is 2.60. The van der Waals surface area contributed by atoms with Gasteiger partial charge in [-0.1, -0.05) is 6.92 Å². The highest BCUT2D eigenvalue weighted by Crippen LogP contribution is 2.33. The van der Waals surface area contributed by atoms with E-state index in [-0.39, 0.29) is 11.5 Å². The highest BCUT2D eigenvalue weighted by Gasteiger charge is 2.34. The summed E-state index contributed by atoms with van der Waals surface area (Å²) in [5, 5.41) is 11.2. The lowest BCUT2D eigenvalue weighted by atomic mass is 10.1. The fraction of sp³-hybridized carbons (Fsp3) is 0.222. The van der Waals surface area contributed by atoms with Gasteiger partial charge in [-0.25, -0.2) is 4.39 Å². The largest absolute Gasteiger partial charge is 0.417 e. The molecule has 2 aromatic rings. The molecule has 136 valence electrons. The van der Waals surface area contributed by atoms with Gasteiger partial charge in [0.1, 0.15) is 5.82 Å². The summed E-state index contributed by atoms with van der Waals surface area (Å²) in [6, 6.07) is 10.3. The van der Waals surface area contributed by atoms with Gasteiger partial charge >= 0.3 is 6.18 Å². The zero-order chi connectivity index (χ0) is 19.3. The fourth-order valence-electron chi connectivity index (χ4n) is 2.05. The Hall–Kier alpha value is -2.53. The lowest BCUT2D eigenvalue weighted by molar-refractivity contribution is -0.137. The van der Waals surface area contributed by atoms with Gasteiger partial charge in [-0.2, -0.15) is 18.4 Å². The van der Waals surface area contributed by atoms with Gasteiger partial charge in [-0.3, -0.25) is 4.79 Å². The lowest BCUT2D eigenvalue weighted by Crippen LogP contribution is -2.22. The van der Waals surface area contributed by atoms with E-state index in [1.54, 1.807) is 19.1 Å². The van der Waals surface area contributed by atoms with Gasteiger partial charge in [-0.15, -0.1) is 11.8 Å². The summed E-state index contributed by atoms with van der Waals surface area (Å²) in [6.45, 7) is 1.64. The molecule has 1 unspecified atom stereocenters. The highest BCUT2D eigenvalue weighted by atomic mass is 32.2. The van der Waals surface area contributed by atoms with Crippen LogP contribution < -0.4 is 5.32 Å². The van der Waals surface area contributed by atoms with Gasteiger partial charge in [-0.05, 0) is 42.5 Å². The molecular weight excluding hydrogens is 368 g/mol. The third-order valence-corrected chi connectivity index (χ3v) is 4.75. The Morgan fingerprint density at radius 2 is 1.88 bits per heavy atom. The van der Waals surface area contributed by atoms with Crippen LogP contribution in [0.5, 0.6) is 0 Å². The van der Waals surface area contributed by atoms with Crippen LogP contribution in [0.25, 0.3) is 0 Å². The van der Waals surface area contributed by atoms with E-state index in [1.165, 1.54) is 36.0 Å². The monoisotopic (exact) mass is 382 g/mol. The summed E-state index contributed by atoms with van der Waals surface area (Å²) >= 11 is 1.34. The van der Waals surface area contributed by atoms with E-state index in [0.29, 0.717) is 5.75 Å².